The summed E-state index contributed by atoms with van der Waals surface area (Å²) in [6.07, 6.45) is 1.39. The Bertz CT molecular complexity index is 1310. The van der Waals surface area contributed by atoms with Gasteiger partial charge in [0.2, 0.25) is 5.91 Å². The number of aromatic nitrogens is 2. The Hall–Kier alpha value is -3.36. The van der Waals surface area contributed by atoms with Crippen molar-refractivity contribution in [3.63, 3.8) is 0 Å². The highest BCUT2D eigenvalue weighted by Crippen LogP contribution is 2.31. The van der Waals surface area contributed by atoms with Crippen LogP contribution >= 0.6 is 22.9 Å². The second-order valence-electron chi connectivity index (χ2n) is 6.63. The number of anilines is 1. The van der Waals surface area contributed by atoms with Crippen LogP contribution in [0.25, 0.3) is 21.3 Å². The van der Waals surface area contributed by atoms with Crippen LogP contribution in [0.4, 0.5) is 5.69 Å². The van der Waals surface area contributed by atoms with Crippen LogP contribution in [-0.2, 0) is 11.3 Å². The normalized spacial score (nSPS) is 10.8. The van der Waals surface area contributed by atoms with Crippen LogP contribution in [0.5, 0.6) is 11.5 Å². The van der Waals surface area contributed by atoms with Crippen molar-refractivity contribution in [2.45, 2.75) is 6.54 Å². The summed E-state index contributed by atoms with van der Waals surface area (Å²) in [5.41, 5.74) is 2.59. The predicted octanol–water partition coefficient (Wildman–Crippen LogP) is 4.43. The van der Waals surface area contributed by atoms with Crippen LogP contribution in [0, 0.1) is 0 Å². The van der Waals surface area contributed by atoms with E-state index in [-0.39, 0.29) is 18.0 Å². The average molecular weight is 456 g/mol. The third-order valence-corrected chi connectivity index (χ3v) is 5.91. The number of halogens is 1. The number of nitrogens with one attached hydrogen (secondary N) is 1. The number of amides is 1. The van der Waals surface area contributed by atoms with E-state index in [0.717, 1.165) is 11.1 Å². The van der Waals surface area contributed by atoms with Gasteiger partial charge in [-0.3, -0.25) is 14.2 Å². The molecule has 7 nitrogen and oxygen atoms in total. The number of nitrogens with zero attached hydrogens (tertiary/aromatic N) is 2. The molecular formula is C22H18ClN3O4S. The van der Waals surface area contributed by atoms with Gasteiger partial charge in [-0.2, -0.15) is 0 Å². The summed E-state index contributed by atoms with van der Waals surface area (Å²) >= 11 is 7.26. The Morgan fingerprint density at radius 2 is 1.94 bits per heavy atom. The van der Waals surface area contributed by atoms with Crippen molar-refractivity contribution in [3.8, 4) is 22.6 Å². The summed E-state index contributed by atoms with van der Waals surface area (Å²) < 4.78 is 12.2. The molecule has 9 heteroatoms. The van der Waals surface area contributed by atoms with Crippen molar-refractivity contribution in [1.29, 1.82) is 0 Å². The van der Waals surface area contributed by atoms with Crippen molar-refractivity contribution < 1.29 is 14.3 Å². The molecule has 0 spiro atoms. The van der Waals surface area contributed by atoms with Gasteiger partial charge in [0.25, 0.3) is 5.56 Å². The molecule has 0 atom stereocenters. The molecule has 1 amide bonds. The highest BCUT2D eigenvalue weighted by Gasteiger charge is 2.15. The maximum atomic E-state index is 12.9. The molecule has 0 aliphatic rings. The Labute approximate surface area is 186 Å². The number of hydrogen-bond donors (Lipinski definition) is 1. The minimum atomic E-state index is -0.374. The smallest absolute Gasteiger partial charge is 0.271 e. The molecule has 2 aromatic heterocycles. The Morgan fingerprint density at radius 1 is 1.16 bits per heavy atom. The lowest BCUT2D eigenvalue weighted by atomic mass is 10.1. The Morgan fingerprint density at radius 3 is 2.65 bits per heavy atom. The van der Waals surface area contributed by atoms with Crippen molar-refractivity contribution in [3.05, 3.63) is 69.5 Å². The molecule has 0 aliphatic heterocycles. The number of hydrogen-bond acceptors (Lipinski definition) is 6. The van der Waals surface area contributed by atoms with E-state index in [1.165, 1.54) is 29.3 Å². The lowest BCUT2D eigenvalue weighted by molar-refractivity contribution is -0.116. The molecule has 158 valence electrons. The molecule has 1 N–H and O–H groups in total. The minimum absolute atomic E-state index is 0.175. The van der Waals surface area contributed by atoms with E-state index in [1.807, 2.05) is 17.5 Å². The topological polar surface area (TPSA) is 82.5 Å². The molecule has 0 aliphatic carbocycles. The van der Waals surface area contributed by atoms with Gasteiger partial charge in [0.15, 0.2) is 0 Å². The lowest BCUT2D eigenvalue weighted by Gasteiger charge is -2.12. The molecule has 2 aromatic carbocycles. The molecule has 0 unspecified atom stereocenters. The number of benzene rings is 2. The number of rotatable bonds is 6. The van der Waals surface area contributed by atoms with Gasteiger partial charge in [-0.25, -0.2) is 4.98 Å². The largest absolute Gasteiger partial charge is 0.497 e. The maximum absolute atomic E-state index is 12.9. The van der Waals surface area contributed by atoms with E-state index in [0.29, 0.717) is 32.4 Å². The number of fused-ring (bicyclic) bond motifs is 1. The zero-order chi connectivity index (χ0) is 22.0. The molecule has 0 radical (unpaired) electrons. The standard InChI is InChI=1S/C22H18ClN3O4S/c1-29-15-7-8-17(18(9-15)30-2)25-19(27)10-26-12-24-20-16(11-31-21(20)22(26)28)13-3-5-14(23)6-4-13/h3-9,11-12H,10H2,1-2H3,(H,25,27). The SMILES string of the molecule is COc1ccc(NC(=O)Cn2cnc3c(-c4ccc(Cl)cc4)csc3c2=O)c(OC)c1. The van der Waals surface area contributed by atoms with Crippen LogP contribution in [0.2, 0.25) is 5.02 Å². The fraction of sp³-hybridized carbons (Fsp3) is 0.136. The lowest BCUT2D eigenvalue weighted by Crippen LogP contribution is -2.27. The molecule has 2 heterocycles. The zero-order valence-electron chi connectivity index (χ0n) is 16.7. The van der Waals surface area contributed by atoms with Gasteiger partial charge in [0, 0.05) is 22.0 Å². The third kappa shape index (κ3) is 4.26. The highest BCUT2D eigenvalue weighted by molar-refractivity contribution is 7.17. The van der Waals surface area contributed by atoms with Gasteiger partial charge in [-0.05, 0) is 29.8 Å². The zero-order valence-corrected chi connectivity index (χ0v) is 18.3. The second kappa shape index (κ2) is 8.79. The molecule has 0 bridgehead atoms. The number of thiophene rings is 1. The minimum Gasteiger partial charge on any atom is -0.497 e. The first-order valence-electron chi connectivity index (χ1n) is 9.24. The molecule has 4 rings (SSSR count). The van der Waals surface area contributed by atoms with Gasteiger partial charge in [0.05, 0.1) is 31.8 Å². The van der Waals surface area contributed by atoms with Gasteiger partial charge in [-0.1, -0.05) is 23.7 Å². The Balaban J connectivity index is 1.58. The number of carbonyl (C=O) groups is 1. The highest BCUT2D eigenvalue weighted by atomic mass is 35.5. The first kappa shape index (κ1) is 20.9. The van der Waals surface area contributed by atoms with Crippen LogP contribution < -0.4 is 20.3 Å². The number of methoxy groups -OCH3 is 2. The van der Waals surface area contributed by atoms with Gasteiger partial charge in [0.1, 0.15) is 22.7 Å². The van der Waals surface area contributed by atoms with E-state index in [9.17, 15) is 9.59 Å². The molecule has 0 saturated heterocycles. The fourth-order valence-electron chi connectivity index (χ4n) is 3.14. The molecular weight excluding hydrogens is 438 g/mol. The van der Waals surface area contributed by atoms with E-state index in [4.69, 9.17) is 21.1 Å². The van der Waals surface area contributed by atoms with E-state index >= 15 is 0 Å². The second-order valence-corrected chi connectivity index (χ2v) is 7.94. The van der Waals surface area contributed by atoms with E-state index < -0.39 is 0 Å². The van der Waals surface area contributed by atoms with Gasteiger partial charge in [-0.15, -0.1) is 11.3 Å². The summed E-state index contributed by atoms with van der Waals surface area (Å²) in [4.78, 5) is 29.9. The summed E-state index contributed by atoms with van der Waals surface area (Å²) in [6.45, 7) is -0.175. The number of carbonyl (C=O) groups excluding carboxylic acids is 1. The summed E-state index contributed by atoms with van der Waals surface area (Å²) in [5, 5.41) is 5.28. The quantitative estimate of drug-likeness (QED) is 0.465. The summed E-state index contributed by atoms with van der Waals surface area (Å²) in [5.74, 6) is 0.690. The summed E-state index contributed by atoms with van der Waals surface area (Å²) in [6, 6.07) is 12.4. The average Bonchev–Trinajstić information content (AvgIpc) is 3.21. The van der Waals surface area contributed by atoms with Crippen molar-refractivity contribution in [1.82, 2.24) is 9.55 Å². The molecule has 4 aromatic rings. The molecule has 0 saturated carbocycles. The molecule has 31 heavy (non-hydrogen) atoms. The van der Waals surface area contributed by atoms with Gasteiger partial charge >= 0.3 is 0 Å². The van der Waals surface area contributed by atoms with Crippen LogP contribution in [0.3, 0.4) is 0 Å². The number of ether oxygens (including phenoxy) is 2. The van der Waals surface area contributed by atoms with Crippen LogP contribution in [-0.4, -0.2) is 29.7 Å². The Kier molecular flexibility index (Phi) is 5.92. The fourth-order valence-corrected chi connectivity index (χ4v) is 4.24. The molecule has 0 fully saturated rings. The third-order valence-electron chi connectivity index (χ3n) is 4.70. The maximum Gasteiger partial charge on any atom is 0.271 e. The van der Waals surface area contributed by atoms with E-state index in [2.05, 4.69) is 10.3 Å². The first-order valence-corrected chi connectivity index (χ1v) is 10.5. The van der Waals surface area contributed by atoms with Gasteiger partial charge < -0.3 is 14.8 Å². The monoisotopic (exact) mass is 455 g/mol. The van der Waals surface area contributed by atoms with Crippen LogP contribution in [0.15, 0.2) is 59.0 Å². The van der Waals surface area contributed by atoms with Crippen molar-refractivity contribution >= 4 is 44.7 Å². The van der Waals surface area contributed by atoms with Crippen LogP contribution in [0.1, 0.15) is 0 Å². The first-order chi connectivity index (χ1) is 15.0. The van der Waals surface area contributed by atoms with Crippen molar-refractivity contribution in [2.24, 2.45) is 0 Å². The summed E-state index contributed by atoms with van der Waals surface area (Å²) in [7, 11) is 3.05. The van der Waals surface area contributed by atoms with Crippen molar-refractivity contribution in [2.75, 3.05) is 19.5 Å². The van der Waals surface area contributed by atoms with E-state index in [1.54, 1.807) is 37.4 Å². The predicted molar refractivity (Wildman–Crippen MR) is 123 cm³/mol.